The summed E-state index contributed by atoms with van der Waals surface area (Å²) in [6, 6.07) is 9.96. The van der Waals surface area contributed by atoms with Gasteiger partial charge >= 0.3 is 0 Å². The lowest BCUT2D eigenvalue weighted by Gasteiger charge is -2.06. The summed E-state index contributed by atoms with van der Waals surface area (Å²) < 4.78 is 27.3. The van der Waals surface area contributed by atoms with E-state index in [-0.39, 0.29) is 10.6 Å². The van der Waals surface area contributed by atoms with Crippen LogP contribution in [0.5, 0.6) is 5.75 Å². The van der Waals surface area contributed by atoms with Gasteiger partial charge in [0.05, 0.1) is 7.11 Å². The Morgan fingerprint density at radius 1 is 1.12 bits per heavy atom. The zero-order valence-electron chi connectivity index (χ0n) is 8.54. The maximum atomic E-state index is 11.5. The fourth-order valence-electron chi connectivity index (χ4n) is 1.50. The first-order chi connectivity index (χ1) is 7.54. The summed E-state index contributed by atoms with van der Waals surface area (Å²) >= 11 is 0. The molecule has 0 atom stereocenters. The summed E-state index contributed by atoms with van der Waals surface area (Å²) in [5.74, 6) is -0.305. The lowest BCUT2D eigenvalue weighted by molar-refractivity contribution is 0.390. The molecule has 0 amide bonds. The van der Waals surface area contributed by atoms with Crippen molar-refractivity contribution in [1.29, 1.82) is 0 Å². The van der Waals surface area contributed by atoms with Crippen LogP contribution < -0.4 is 0 Å². The Hall–Kier alpha value is -1.59. The van der Waals surface area contributed by atoms with Crippen molar-refractivity contribution in [2.24, 2.45) is 0 Å². The van der Waals surface area contributed by atoms with Gasteiger partial charge in [0.2, 0.25) is 0 Å². The molecule has 0 saturated heterocycles. The maximum Gasteiger partial charge on any atom is 0.300 e. The molecule has 0 bridgehead atoms. The van der Waals surface area contributed by atoms with E-state index in [1.165, 1.54) is 12.1 Å². The molecule has 0 fully saturated rings. The van der Waals surface area contributed by atoms with E-state index in [0.29, 0.717) is 0 Å². The molecule has 0 aliphatic heterocycles. The van der Waals surface area contributed by atoms with Gasteiger partial charge in [0.25, 0.3) is 10.1 Å². The van der Waals surface area contributed by atoms with E-state index in [2.05, 4.69) is 4.18 Å². The average Bonchev–Trinajstić information content (AvgIpc) is 2.28. The van der Waals surface area contributed by atoms with Crippen LogP contribution in [-0.4, -0.2) is 20.6 Å². The van der Waals surface area contributed by atoms with E-state index in [9.17, 15) is 13.5 Å². The van der Waals surface area contributed by atoms with Crippen LogP contribution in [0.25, 0.3) is 10.8 Å². The monoisotopic (exact) mass is 238 g/mol. The minimum atomic E-state index is -3.87. The lowest BCUT2D eigenvalue weighted by atomic mass is 10.1. The van der Waals surface area contributed by atoms with E-state index in [4.69, 9.17) is 0 Å². The molecule has 0 aliphatic rings. The van der Waals surface area contributed by atoms with Crippen LogP contribution in [0.1, 0.15) is 0 Å². The molecule has 0 saturated carbocycles. The van der Waals surface area contributed by atoms with Crippen LogP contribution in [0.4, 0.5) is 0 Å². The highest BCUT2D eigenvalue weighted by molar-refractivity contribution is 7.86. The Morgan fingerprint density at radius 3 is 2.25 bits per heavy atom. The van der Waals surface area contributed by atoms with Crippen LogP contribution in [0.3, 0.4) is 0 Å². The van der Waals surface area contributed by atoms with Gasteiger partial charge in [-0.15, -0.1) is 0 Å². The van der Waals surface area contributed by atoms with Crippen molar-refractivity contribution in [2.75, 3.05) is 7.11 Å². The number of rotatable bonds is 2. The maximum absolute atomic E-state index is 11.5. The number of hydrogen-bond donors (Lipinski definition) is 1. The van der Waals surface area contributed by atoms with E-state index in [1.807, 2.05) is 6.07 Å². The largest absolute Gasteiger partial charge is 0.506 e. The van der Waals surface area contributed by atoms with Gasteiger partial charge in [0.1, 0.15) is 10.6 Å². The molecule has 2 aromatic carbocycles. The van der Waals surface area contributed by atoms with Crippen LogP contribution in [0.15, 0.2) is 41.3 Å². The Labute approximate surface area is 93.2 Å². The Bertz CT molecular complexity index is 631. The van der Waals surface area contributed by atoms with E-state index >= 15 is 0 Å². The average molecular weight is 238 g/mol. The van der Waals surface area contributed by atoms with Gasteiger partial charge in [-0.1, -0.05) is 24.3 Å². The van der Waals surface area contributed by atoms with Gasteiger partial charge in [-0.05, 0) is 22.9 Å². The molecular weight excluding hydrogens is 228 g/mol. The topological polar surface area (TPSA) is 63.6 Å². The lowest BCUT2D eigenvalue weighted by Crippen LogP contribution is -2.03. The predicted octanol–water partition coefficient (Wildman–Crippen LogP) is 1.88. The molecule has 0 unspecified atom stereocenters. The highest BCUT2D eigenvalue weighted by Crippen LogP contribution is 2.29. The summed E-state index contributed by atoms with van der Waals surface area (Å²) in [6.07, 6.45) is 0. The Balaban J connectivity index is 2.78. The smallest absolute Gasteiger partial charge is 0.300 e. The molecule has 0 aliphatic carbocycles. The highest BCUT2D eigenvalue weighted by atomic mass is 32.2. The standard InChI is InChI=1S/C11H10O4S/c1-15-16(13,14)11-7-9-5-3-2-4-8(9)6-10(11)12/h2-7,12H,1H3. The summed E-state index contributed by atoms with van der Waals surface area (Å²) in [5, 5.41) is 11.1. The van der Waals surface area contributed by atoms with Gasteiger partial charge in [-0.2, -0.15) is 8.42 Å². The fourth-order valence-corrected chi connectivity index (χ4v) is 2.26. The summed E-state index contributed by atoms with van der Waals surface area (Å²) in [4.78, 5) is -0.214. The molecule has 5 heteroatoms. The molecule has 0 aromatic heterocycles. The first-order valence-corrected chi connectivity index (χ1v) is 5.98. The second-order valence-corrected chi connectivity index (χ2v) is 4.97. The van der Waals surface area contributed by atoms with Crippen LogP contribution in [-0.2, 0) is 14.3 Å². The van der Waals surface area contributed by atoms with E-state index in [0.717, 1.165) is 17.9 Å². The van der Waals surface area contributed by atoms with Crippen LogP contribution >= 0.6 is 0 Å². The van der Waals surface area contributed by atoms with Crippen molar-refractivity contribution < 1.29 is 17.7 Å². The minimum Gasteiger partial charge on any atom is -0.506 e. The molecule has 0 spiro atoms. The van der Waals surface area contributed by atoms with Gasteiger partial charge in [-0.3, -0.25) is 4.18 Å². The summed E-state index contributed by atoms with van der Waals surface area (Å²) in [6.45, 7) is 0. The predicted molar refractivity (Wildman–Crippen MR) is 59.8 cm³/mol. The number of fused-ring (bicyclic) bond motifs is 1. The molecule has 2 aromatic rings. The summed E-state index contributed by atoms with van der Waals surface area (Å²) in [7, 11) is -2.81. The molecule has 1 N–H and O–H groups in total. The molecular formula is C11H10O4S. The zero-order chi connectivity index (χ0) is 11.8. The first kappa shape index (κ1) is 10.9. The van der Waals surface area contributed by atoms with Gasteiger partial charge < -0.3 is 5.11 Å². The molecule has 0 radical (unpaired) electrons. The van der Waals surface area contributed by atoms with E-state index < -0.39 is 10.1 Å². The minimum absolute atomic E-state index is 0.214. The van der Waals surface area contributed by atoms with Crippen molar-refractivity contribution in [2.45, 2.75) is 4.90 Å². The normalized spacial score (nSPS) is 11.8. The molecule has 16 heavy (non-hydrogen) atoms. The van der Waals surface area contributed by atoms with Crippen LogP contribution in [0, 0.1) is 0 Å². The second-order valence-electron chi connectivity index (χ2n) is 3.29. The molecule has 84 valence electrons. The molecule has 0 heterocycles. The Morgan fingerprint density at radius 2 is 1.69 bits per heavy atom. The zero-order valence-corrected chi connectivity index (χ0v) is 9.36. The van der Waals surface area contributed by atoms with Gasteiger partial charge in [0.15, 0.2) is 0 Å². The highest BCUT2D eigenvalue weighted by Gasteiger charge is 2.18. The summed E-state index contributed by atoms with van der Waals surface area (Å²) in [5.41, 5.74) is 0. The Kier molecular flexibility index (Phi) is 2.57. The second kappa shape index (κ2) is 3.77. The van der Waals surface area contributed by atoms with E-state index in [1.54, 1.807) is 18.2 Å². The van der Waals surface area contributed by atoms with Crippen molar-refractivity contribution in [3.8, 4) is 5.75 Å². The number of aromatic hydroxyl groups is 1. The van der Waals surface area contributed by atoms with Crippen molar-refractivity contribution in [1.82, 2.24) is 0 Å². The van der Waals surface area contributed by atoms with Crippen molar-refractivity contribution >= 4 is 20.9 Å². The van der Waals surface area contributed by atoms with Gasteiger partial charge in [0, 0.05) is 0 Å². The number of hydrogen-bond acceptors (Lipinski definition) is 4. The quantitative estimate of drug-likeness (QED) is 0.811. The van der Waals surface area contributed by atoms with Crippen LogP contribution in [0.2, 0.25) is 0 Å². The van der Waals surface area contributed by atoms with Crippen molar-refractivity contribution in [3.63, 3.8) is 0 Å². The third-order valence-corrected chi connectivity index (χ3v) is 3.62. The molecule has 4 nitrogen and oxygen atoms in total. The fraction of sp³-hybridized carbons (Fsp3) is 0.0909. The third-order valence-electron chi connectivity index (χ3n) is 2.32. The SMILES string of the molecule is COS(=O)(=O)c1cc2ccccc2cc1O. The number of phenols is 1. The molecule has 2 rings (SSSR count). The number of benzene rings is 2. The first-order valence-electron chi connectivity index (χ1n) is 4.57. The van der Waals surface area contributed by atoms with Gasteiger partial charge in [-0.25, -0.2) is 0 Å². The third kappa shape index (κ3) is 1.75. The van der Waals surface area contributed by atoms with Crippen molar-refractivity contribution in [3.05, 3.63) is 36.4 Å². The number of phenolic OH excluding ortho intramolecular Hbond substituents is 1.